The zero-order valence-electron chi connectivity index (χ0n) is 17.7. The Kier molecular flexibility index (Phi) is 7.54. The van der Waals surface area contributed by atoms with Gasteiger partial charge in [0.05, 0.1) is 17.2 Å². The van der Waals surface area contributed by atoms with Crippen molar-refractivity contribution in [3.05, 3.63) is 99.5 Å². The molecule has 0 unspecified atom stereocenters. The number of benzene rings is 3. The topological polar surface area (TPSA) is 39.5 Å². The second kappa shape index (κ2) is 10.7. The highest BCUT2D eigenvalue weighted by atomic mass is 79.9. The van der Waals surface area contributed by atoms with Gasteiger partial charge in [0.1, 0.15) is 17.3 Å². The van der Waals surface area contributed by atoms with Crippen LogP contribution in [0.3, 0.4) is 0 Å². The summed E-state index contributed by atoms with van der Waals surface area (Å²) in [6.45, 7) is 4.99. The van der Waals surface area contributed by atoms with Crippen molar-refractivity contribution >= 4 is 33.1 Å². The molecule has 3 aromatic rings. The van der Waals surface area contributed by atoms with Gasteiger partial charge >= 0.3 is 0 Å². The van der Waals surface area contributed by atoms with E-state index >= 15 is 0 Å². The second-order valence-corrected chi connectivity index (χ2v) is 9.05. The summed E-state index contributed by atoms with van der Waals surface area (Å²) in [4.78, 5) is 5.52. The van der Waals surface area contributed by atoms with Crippen molar-refractivity contribution in [1.29, 1.82) is 5.26 Å². The lowest BCUT2D eigenvalue weighted by atomic mass is 10.1. The van der Waals surface area contributed by atoms with Crippen molar-refractivity contribution in [3.63, 3.8) is 0 Å². The van der Waals surface area contributed by atoms with Crippen molar-refractivity contribution in [2.24, 2.45) is 0 Å². The SMILES string of the molecule is N#Cc1ccccc1COc1ccc(Br)cc1C(=S)N1CCN(Cc2ccccc2)CC1. The normalized spacial score (nSPS) is 14.1. The summed E-state index contributed by atoms with van der Waals surface area (Å²) in [7, 11) is 0. The lowest BCUT2D eigenvalue weighted by molar-refractivity contribution is 0.177. The van der Waals surface area contributed by atoms with Crippen LogP contribution in [0.4, 0.5) is 0 Å². The molecule has 3 aromatic carbocycles. The molecule has 162 valence electrons. The van der Waals surface area contributed by atoms with Crippen LogP contribution < -0.4 is 4.74 Å². The molecule has 0 radical (unpaired) electrons. The Bertz CT molecular complexity index is 1120. The van der Waals surface area contributed by atoms with Crippen LogP contribution in [0.2, 0.25) is 0 Å². The monoisotopic (exact) mass is 505 g/mol. The fraction of sp³-hybridized carbons (Fsp3) is 0.231. The van der Waals surface area contributed by atoms with Crippen LogP contribution in [0.1, 0.15) is 22.3 Å². The van der Waals surface area contributed by atoms with Crippen molar-refractivity contribution in [2.45, 2.75) is 13.2 Å². The fourth-order valence-corrected chi connectivity index (χ4v) is 4.53. The first-order chi connectivity index (χ1) is 15.6. The molecule has 6 heteroatoms. The molecular formula is C26H24BrN3OS. The fourth-order valence-electron chi connectivity index (χ4n) is 3.83. The number of rotatable bonds is 6. The standard InChI is InChI=1S/C26H24BrN3OS/c27-23-10-11-25(31-19-22-9-5-4-8-21(22)17-28)24(16-23)26(32)30-14-12-29(13-15-30)18-20-6-2-1-3-7-20/h1-11,16H,12-15,18-19H2. The van der Waals surface area contributed by atoms with Gasteiger partial charge in [-0.05, 0) is 29.8 Å². The van der Waals surface area contributed by atoms with E-state index in [1.165, 1.54) is 5.56 Å². The largest absolute Gasteiger partial charge is 0.488 e. The van der Waals surface area contributed by atoms with E-state index in [0.717, 1.165) is 59.1 Å². The van der Waals surface area contributed by atoms with Crippen LogP contribution in [-0.4, -0.2) is 41.0 Å². The summed E-state index contributed by atoms with van der Waals surface area (Å²) in [5.74, 6) is 0.734. The van der Waals surface area contributed by atoms with Gasteiger partial charge in [0, 0.05) is 42.8 Å². The van der Waals surface area contributed by atoms with E-state index in [4.69, 9.17) is 17.0 Å². The van der Waals surface area contributed by atoms with Crippen LogP contribution in [0.5, 0.6) is 5.75 Å². The lowest BCUT2D eigenvalue weighted by Gasteiger charge is -2.36. The minimum Gasteiger partial charge on any atom is -0.488 e. The molecule has 0 aromatic heterocycles. The Balaban J connectivity index is 1.42. The maximum absolute atomic E-state index is 9.34. The van der Waals surface area contributed by atoms with Gasteiger partial charge < -0.3 is 9.64 Å². The molecule has 0 atom stereocenters. The highest BCUT2D eigenvalue weighted by Crippen LogP contribution is 2.27. The summed E-state index contributed by atoms with van der Waals surface area (Å²) in [5.41, 5.74) is 3.73. The van der Waals surface area contributed by atoms with Gasteiger partial charge in [-0.15, -0.1) is 0 Å². The average molecular weight is 506 g/mol. The Hall–Kier alpha value is -2.72. The summed E-state index contributed by atoms with van der Waals surface area (Å²) in [5, 5.41) is 9.34. The van der Waals surface area contributed by atoms with E-state index in [0.29, 0.717) is 12.2 Å². The molecule has 1 saturated heterocycles. The quantitative estimate of drug-likeness (QED) is 0.419. The molecule has 1 aliphatic heterocycles. The molecule has 1 aliphatic rings. The van der Waals surface area contributed by atoms with E-state index < -0.39 is 0 Å². The maximum atomic E-state index is 9.34. The predicted molar refractivity (Wildman–Crippen MR) is 135 cm³/mol. The number of thiocarbonyl (C=S) groups is 1. The molecule has 0 spiro atoms. The summed E-state index contributed by atoms with van der Waals surface area (Å²) in [6.07, 6.45) is 0. The highest BCUT2D eigenvalue weighted by molar-refractivity contribution is 9.10. The number of hydrogen-bond acceptors (Lipinski definition) is 4. The molecule has 0 N–H and O–H groups in total. The molecule has 0 aliphatic carbocycles. The Morgan fingerprint density at radius 3 is 2.44 bits per heavy atom. The first-order valence-corrected chi connectivity index (χ1v) is 11.8. The zero-order chi connectivity index (χ0) is 22.3. The van der Waals surface area contributed by atoms with E-state index in [1.807, 2.05) is 36.4 Å². The lowest BCUT2D eigenvalue weighted by Crippen LogP contribution is -2.48. The van der Waals surface area contributed by atoms with Crippen molar-refractivity contribution in [3.8, 4) is 11.8 Å². The van der Waals surface area contributed by atoms with Gasteiger partial charge in [0.2, 0.25) is 0 Å². The van der Waals surface area contributed by atoms with Crippen LogP contribution in [0.15, 0.2) is 77.3 Å². The minimum atomic E-state index is 0.325. The summed E-state index contributed by atoms with van der Waals surface area (Å²) < 4.78 is 7.10. The minimum absolute atomic E-state index is 0.325. The number of piperazine rings is 1. The van der Waals surface area contributed by atoms with Crippen LogP contribution in [-0.2, 0) is 13.2 Å². The molecule has 1 fully saturated rings. The predicted octanol–water partition coefficient (Wildman–Crippen LogP) is 5.39. The third kappa shape index (κ3) is 5.55. The van der Waals surface area contributed by atoms with Gasteiger partial charge in [-0.25, -0.2) is 0 Å². The second-order valence-electron chi connectivity index (χ2n) is 7.75. The van der Waals surface area contributed by atoms with Gasteiger partial charge in [-0.3, -0.25) is 4.90 Å². The van der Waals surface area contributed by atoms with Gasteiger partial charge in [-0.2, -0.15) is 5.26 Å². The maximum Gasteiger partial charge on any atom is 0.130 e. The van der Waals surface area contributed by atoms with E-state index in [1.54, 1.807) is 6.07 Å². The number of nitrogens with zero attached hydrogens (tertiary/aromatic N) is 3. The van der Waals surface area contributed by atoms with E-state index in [9.17, 15) is 5.26 Å². The molecule has 1 heterocycles. The van der Waals surface area contributed by atoms with E-state index in [-0.39, 0.29) is 0 Å². The van der Waals surface area contributed by atoms with Gasteiger partial charge in [0.15, 0.2) is 0 Å². The first-order valence-electron chi connectivity index (χ1n) is 10.6. The van der Waals surface area contributed by atoms with Crippen LogP contribution in [0, 0.1) is 11.3 Å². The van der Waals surface area contributed by atoms with E-state index in [2.05, 4.69) is 62.1 Å². The van der Waals surface area contributed by atoms with Crippen molar-refractivity contribution in [1.82, 2.24) is 9.80 Å². The zero-order valence-corrected chi connectivity index (χ0v) is 20.1. The third-order valence-corrected chi connectivity index (χ3v) is 6.57. The molecule has 0 saturated carbocycles. The Morgan fingerprint density at radius 1 is 0.969 bits per heavy atom. The van der Waals surface area contributed by atoms with Crippen molar-refractivity contribution < 1.29 is 4.74 Å². The number of nitriles is 1. The van der Waals surface area contributed by atoms with Crippen molar-refractivity contribution in [2.75, 3.05) is 26.2 Å². The van der Waals surface area contributed by atoms with Crippen LogP contribution >= 0.6 is 28.1 Å². The smallest absolute Gasteiger partial charge is 0.130 e. The average Bonchev–Trinajstić information content (AvgIpc) is 2.84. The molecule has 4 nitrogen and oxygen atoms in total. The van der Waals surface area contributed by atoms with Gasteiger partial charge in [-0.1, -0.05) is 76.7 Å². The molecule has 4 rings (SSSR count). The first kappa shape index (κ1) is 22.5. The van der Waals surface area contributed by atoms with Gasteiger partial charge in [0.25, 0.3) is 0 Å². The number of halogens is 1. The van der Waals surface area contributed by atoms with Crippen LogP contribution in [0.25, 0.3) is 0 Å². The summed E-state index contributed by atoms with van der Waals surface area (Å²) in [6, 6.07) is 26.2. The number of hydrogen-bond donors (Lipinski definition) is 0. The number of ether oxygens (including phenoxy) is 1. The third-order valence-electron chi connectivity index (χ3n) is 5.60. The molecular weight excluding hydrogens is 482 g/mol. The molecule has 0 bridgehead atoms. The molecule has 32 heavy (non-hydrogen) atoms. The Morgan fingerprint density at radius 2 is 1.69 bits per heavy atom. The molecule has 0 amide bonds. The highest BCUT2D eigenvalue weighted by Gasteiger charge is 2.22. The summed E-state index contributed by atoms with van der Waals surface area (Å²) >= 11 is 9.46. The Labute approximate surface area is 203 Å².